The molecule has 1 aromatic carbocycles. The second-order valence-corrected chi connectivity index (χ2v) is 6.50. The van der Waals surface area contributed by atoms with E-state index in [1.807, 2.05) is 18.2 Å². The van der Waals surface area contributed by atoms with Crippen molar-refractivity contribution in [2.24, 2.45) is 0 Å². The van der Waals surface area contributed by atoms with Crippen molar-refractivity contribution in [2.75, 3.05) is 33.3 Å². The lowest BCUT2D eigenvalue weighted by atomic mass is 10.2. The maximum absolute atomic E-state index is 12.8. The van der Waals surface area contributed by atoms with Crippen molar-refractivity contribution >= 4 is 11.9 Å². The summed E-state index contributed by atoms with van der Waals surface area (Å²) in [5.41, 5.74) is 1.62. The van der Waals surface area contributed by atoms with Crippen molar-refractivity contribution in [3.05, 3.63) is 47.8 Å². The molecule has 27 heavy (non-hydrogen) atoms. The topological polar surface area (TPSA) is 87.9 Å². The number of carbonyl (C=O) groups is 2. The molecule has 0 bridgehead atoms. The van der Waals surface area contributed by atoms with Crippen LogP contribution in [0.2, 0.25) is 0 Å². The second-order valence-electron chi connectivity index (χ2n) is 6.50. The van der Waals surface area contributed by atoms with Gasteiger partial charge in [-0.1, -0.05) is 12.1 Å². The van der Waals surface area contributed by atoms with Gasteiger partial charge in [0.25, 0.3) is 5.91 Å². The van der Waals surface area contributed by atoms with E-state index in [2.05, 4.69) is 16.1 Å². The molecule has 1 N–H and O–H groups in total. The van der Waals surface area contributed by atoms with Crippen LogP contribution < -0.4 is 4.74 Å². The first kappa shape index (κ1) is 18.9. The molecule has 3 rings (SSSR count). The van der Waals surface area contributed by atoms with Gasteiger partial charge in [0.2, 0.25) is 0 Å². The van der Waals surface area contributed by atoms with Crippen LogP contribution in [-0.4, -0.2) is 69.9 Å². The first-order valence-corrected chi connectivity index (χ1v) is 8.95. The molecule has 2 heterocycles. The fourth-order valence-corrected chi connectivity index (χ4v) is 3.19. The Bertz CT molecular complexity index is 797. The molecule has 144 valence electrons. The van der Waals surface area contributed by atoms with E-state index >= 15 is 0 Å². The summed E-state index contributed by atoms with van der Waals surface area (Å²) in [6.45, 7) is 3.84. The average Bonchev–Trinajstić information content (AvgIpc) is 3.15. The number of hydrogen-bond acceptors (Lipinski definition) is 5. The Morgan fingerprint density at radius 1 is 1.19 bits per heavy atom. The van der Waals surface area contributed by atoms with Crippen LogP contribution >= 0.6 is 0 Å². The van der Waals surface area contributed by atoms with Crippen molar-refractivity contribution in [1.82, 2.24) is 19.6 Å². The number of hydrogen-bond donors (Lipinski definition) is 1. The Morgan fingerprint density at radius 2 is 1.96 bits per heavy atom. The van der Waals surface area contributed by atoms with E-state index in [4.69, 9.17) is 9.84 Å². The number of aryl methyl sites for hydroxylation is 1. The fraction of sp³-hybridized carbons (Fsp3) is 0.421. The van der Waals surface area contributed by atoms with Gasteiger partial charge >= 0.3 is 5.97 Å². The van der Waals surface area contributed by atoms with E-state index in [0.29, 0.717) is 18.8 Å². The molecule has 0 aliphatic carbocycles. The molecule has 0 unspecified atom stereocenters. The Kier molecular flexibility index (Phi) is 6.08. The average molecular weight is 372 g/mol. The Labute approximate surface area is 157 Å². The van der Waals surface area contributed by atoms with Crippen LogP contribution in [0.25, 0.3) is 0 Å². The number of nitrogens with zero attached hydrogens (tertiary/aromatic N) is 4. The Balaban J connectivity index is 1.55. The Morgan fingerprint density at radius 3 is 2.67 bits per heavy atom. The van der Waals surface area contributed by atoms with E-state index < -0.39 is 5.97 Å². The van der Waals surface area contributed by atoms with Crippen molar-refractivity contribution in [3.8, 4) is 5.75 Å². The molecule has 1 fully saturated rings. The molecule has 0 radical (unpaired) electrons. The van der Waals surface area contributed by atoms with Gasteiger partial charge in [-0.2, -0.15) is 5.10 Å². The van der Waals surface area contributed by atoms with Gasteiger partial charge in [-0.25, -0.2) is 0 Å². The van der Waals surface area contributed by atoms with Crippen LogP contribution in [-0.2, 0) is 17.9 Å². The lowest BCUT2D eigenvalue weighted by molar-refractivity contribution is -0.137. The summed E-state index contributed by atoms with van der Waals surface area (Å²) in [5, 5.41) is 12.9. The number of carbonyl (C=O) groups excluding carboxylic acids is 1. The standard InChI is InChI=1S/C19H24N4O4/c1-27-16-4-2-3-15(13-16)14-21-9-11-22(12-10-21)19(26)17-5-7-20-23(17)8-6-18(24)25/h2-5,7,13H,6,8-12,14H2,1H3,(H,24,25). The minimum absolute atomic E-state index is 0.0593. The van der Waals surface area contributed by atoms with Crippen molar-refractivity contribution in [3.63, 3.8) is 0 Å². The molecule has 8 heteroatoms. The molecule has 1 aromatic heterocycles. The first-order valence-electron chi connectivity index (χ1n) is 8.95. The highest BCUT2D eigenvalue weighted by Crippen LogP contribution is 2.16. The monoisotopic (exact) mass is 372 g/mol. The molecule has 1 amide bonds. The lowest BCUT2D eigenvalue weighted by Gasteiger charge is -2.34. The first-order chi connectivity index (χ1) is 13.1. The van der Waals surface area contributed by atoms with E-state index in [-0.39, 0.29) is 18.9 Å². The molecule has 1 saturated heterocycles. The van der Waals surface area contributed by atoms with Gasteiger partial charge in [-0.15, -0.1) is 0 Å². The summed E-state index contributed by atoms with van der Waals surface area (Å²) >= 11 is 0. The number of carboxylic acid groups (broad SMARTS) is 1. The third-order valence-corrected chi connectivity index (χ3v) is 4.67. The molecule has 1 aliphatic heterocycles. The number of ether oxygens (including phenoxy) is 1. The van der Waals surface area contributed by atoms with E-state index in [1.54, 1.807) is 18.1 Å². The Hall–Kier alpha value is -2.87. The molecule has 8 nitrogen and oxygen atoms in total. The number of methoxy groups -OCH3 is 1. The van der Waals surface area contributed by atoms with Crippen molar-refractivity contribution < 1.29 is 19.4 Å². The number of carboxylic acids is 1. The molecule has 2 aromatic rings. The summed E-state index contributed by atoms with van der Waals surface area (Å²) < 4.78 is 6.73. The summed E-state index contributed by atoms with van der Waals surface area (Å²) in [5.74, 6) is -0.162. The van der Waals surface area contributed by atoms with Gasteiger partial charge in [0.15, 0.2) is 0 Å². The van der Waals surface area contributed by atoms with Crippen molar-refractivity contribution in [2.45, 2.75) is 19.5 Å². The summed E-state index contributed by atoms with van der Waals surface area (Å²) in [6.07, 6.45) is 1.48. The van der Waals surface area contributed by atoms with Crippen LogP contribution in [0, 0.1) is 0 Å². The van der Waals surface area contributed by atoms with Crippen LogP contribution in [0.3, 0.4) is 0 Å². The zero-order valence-electron chi connectivity index (χ0n) is 15.4. The summed E-state index contributed by atoms with van der Waals surface area (Å²) in [7, 11) is 1.66. The normalized spacial score (nSPS) is 14.9. The van der Waals surface area contributed by atoms with Crippen LogP contribution in [0.5, 0.6) is 5.75 Å². The third-order valence-electron chi connectivity index (χ3n) is 4.67. The summed E-state index contributed by atoms with van der Waals surface area (Å²) in [4.78, 5) is 27.6. The lowest BCUT2D eigenvalue weighted by Crippen LogP contribution is -2.48. The van der Waals surface area contributed by atoms with Crippen molar-refractivity contribution in [1.29, 1.82) is 0 Å². The van der Waals surface area contributed by atoms with E-state index in [1.165, 1.54) is 16.4 Å². The number of aromatic nitrogens is 2. The number of benzene rings is 1. The van der Waals surface area contributed by atoms with Gasteiger partial charge in [0.1, 0.15) is 11.4 Å². The minimum Gasteiger partial charge on any atom is -0.497 e. The molecular formula is C19H24N4O4. The highest BCUT2D eigenvalue weighted by atomic mass is 16.5. The predicted octanol–water partition coefficient (Wildman–Crippen LogP) is 1.32. The van der Waals surface area contributed by atoms with Gasteiger partial charge in [-0.3, -0.25) is 19.2 Å². The maximum Gasteiger partial charge on any atom is 0.305 e. The highest BCUT2D eigenvalue weighted by Gasteiger charge is 2.24. The zero-order valence-corrected chi connectivity index (χ0v) is 15.4. The number of piperazine rings is 1. The number of amides is 1. The molecule has 0 spiro atoms. The van der Waals surface area contributed by atoms with Crippen LogP contribution in [0.1, 0.15) is 22.5 Å². The molecule has 0 saturated carbocycles. The fourth-order valence-electron chi connectivity index (χ4n) is 3.19. The van der Waals surface area contributed by atoms with Gasteiger partial charge in [0, 0.05) is 38.9 Å². The largest absolute Gasteiger partial charge is 0.497 e. The third kappa shape index (κ3) is 4.85. The number of rotatable bonds is 7. The molecule has 1 aliphatic rings. The molecule has 0 atom stereocenters. The van der Waals surface area contributed by atoms with Gasteiger partial charge in [-0.05, 0) is 23.8 Å². The molecular weight excluding hydrogens is 348 g/mol. The number of aliphatic carboxylic acids is 1. The van der Waals surface area contributed by atoms with Gasteiger partial charge in [0.05, 0.1) is 20.1 Å². The van der Waals surface area contributed by atoms with E-state index in [9.17, 15) is 9.59 Å². The predicted molar refractivity (Wildman–Crippen MR) is 98.7 cm³/mol. The SMILES string of the molecule is COc1cccc(CN2CCN(C(=O)c3ccnn3CCC(=O)O)CC2)c1. The van der Waals surface area contributed by atoms with Gasteiger partial charge < -0.3 is 14.7 Å². The quantitative estimate of drug-likeness (QED) is 0.789. The van der Waals surface area contributed by atoms with Crippen LogP contribution in [0.4, 0.5) is 0 Å². The highest BCUT2D eigenvalue weighted by molar-refractivity contribution is 5.92. The van der Waals surface area contributed by atoms with E-state index in [0.717, 1.165) is 25.4 Å². The smallest absolute Gasteiger partial charge is 0.305 e. The van der Waals surface area contributed by atoms with Crippen LogP contribution in [0.15, 0.2) is 36.5 Å². The maximum atomic E-state index is 12.8. The zero-order chi connectivity index (χ0) is 19.2. The minimum atomic E-state index is -0.907. The second kappa shape index (κ2) is 8.68. The summed E-state index contributed by atoms with van der Waals surface area (Å²) in [6, 6.07) is 9.65.